The van der Waals surface area contributed by atoms with Gasteiger partial charge >= 0.3 is 0 Å². The lowest BCUT2D eigenvalue weighted by molar-refractivity contribution is 0.0936. The van der Waals surface area contributed by atoms with E-state index in [1.807, 2.05) is 67.8 Å². The van der Waals surface area contributed by atoms with Crippen LogP contribution in [0.1, 0.15) is 52.0 Å². The first-order valence-corrected chi connectivity index (χ1v) is 10.5. The van der Waals surface area contributed by atoms with Crippen LogP contribution < -0.4 is 5.32 Å². The Kier molecular flexibility index (Phi) is 6.82. The maximum absolute atomic E-state index is 12.5. The third kappa shape index (κ3) is 5.12. The number of nitrogens with zero attached hydrogens (tertiary/aromatic N) is 3. The Hall–Kier alpha value is -2.93. The van der Waals surface area contributed by atoms with Crippen LogP contribution in [-0.4, -0.2) is 32.2 Å². The Morgan fingerprint density at radius 3 is 2.38 bits per heavy atom. The fourth-order valence-corrected chi connectivity index (χ4v) is 3.82. The summed E-state index contributed by atoms with van der Waals surface area (Å²) in [7, 11) is 0. The Labute approximate surface area is 174 Å². The van der Waals surface area contributed by atoms with E-state index in [4.69, 9.17) is 0 Å². The quantitative estimate of drug-likeness (QED) is 0.449. The van der Waals surface area contributed by atoms with Crippen molar-refractivity contribution < 1.29 is 9.59 Å². The molecule has 1 heterocycles. The second kappa shape index (κ2) is 9.52. The zero-order valence-corrected chi connectivity index (χ0v) is 17.6. The van der Waals surface area contributed by atoms with E-state index in [2.05, 4.69) is 15.5 Å². The molecule has 1 amide bonds. The molecule has 0 saturated heterocycles. The molecular formula is C22H24N4O2S. The van der Waals surface area contributed by atoms with Gasteiger partial charge in [-0.3, -0.25) is 9.59 Å². The normalized spacial score (nSPS) is 11.8. The summed E-state index contributed by atoms with van der Waals surface area (Å²) < 4.78 is 1.93. The Morgan fingerprint density at radius 2 is 1.72 bits per heavy atom. The van der Waals surface area contributed by atoms with Crippen molar-refractivity contribution in [1.82, 2.24) is 20.1 Å². The molecule has 2 aromatic carbocycles. The number of thioether (sulfide) groups is 1. The van der Waals surface area contributed by atoms with Crippen molar-refractivity contribution in [1.29, 1.82) is 0 Å². The van der Waals surface area contributed by atoms with Gasteiger partial charge in [0.25, 0.3) is 5.91 Å². The van der Waals surface area contributed by atoms with E-state index in [1.54, 1.807) is 12.1 Å². The van der Waals surface area contributed by atoms with E-state index in [0.29, 0.717) is 28.7 Å². The summed E-state index contributed by atoms with van der Waals surface area (Å²) in [5.74, 6) is 0.842. The van der Waals surface area contributed by atoms with Gasteiger partial charge in [-0.15, -0.1) is 10.2 Å². The van der Waals surface area contributed by atoms with Crippen molar-refractivity contribution in [2.24, 2.45) is 0 Å². The molecular weight excluding hydrogens is 384 g/mol. The zero-order valence-electron chi connectivity index (χ0n) is 16.8. The first kappa shape index (κ1) is 20.8. The van der Waals surface area contributed by atoms with Crippen LogP contribution >= 0.6 is 11.8 Å². The number of carbonyl (C=O) groups is 2. The molecule has 1 N–H and O–H groups in total. The minimum absolute atomic E-state index is 0.0449. The highest BCUT2D eigenvalue weighted by atomic mass is 32.2. The van der Waals surface area contributed by atoms with Crippen molar-refractivity contribution in [3.63, 3.8) is 0 Å². The first-order chi connectivity index (χ1) is 14.0. The maximum atomic E-state index is 12.5. The number of Topliss-reactive ketones (excluding diaryl/α,β-unsaturated/α-hetero) is 1. The van der Waals surface area contributed by atoms with E-state index >= 15 is 0 Å². The molecule has 0 aliphatic heterocycles. The first-order valence-electron chi connectivity index (χ1n) is 9.51. The fourth-order valence-electron chi connectivity index (χ4n) is 2.91. The van der Waals surface area contributed by atoms with Crippen molar-refractivity contribution in [2.45, 2.75) is 38.5 Å². The third-order valence-electron chi connectivity index (χ3n) is 4.54. The van der Waals surface area contributed by atoms with Crippen LogP contribution in [0.2, 0.25) is 0 Å². The summed E-state index contributed by atoms with van der Waals surface area (Å²) in [6, 6.07) is 16.3. The molecule has 3 rings (SSSR count). The Balaban J connectivity index is 1.67. The summed E-state index contributed by atoms with van der Waals surface area (Å²) >= 11 is 1.36. The van der Waals surface area contributed by atoms with Crippen LogP contribution in [0.25, 0.3) is 0 Å². The van der Waals surface area contributed by atoms with Crippen molar-refractivity contribution in [2.75, 3.05) is 5.75 Å². The number of aryl methyl sites for hydroxylation is 1. The van der Waals surface area contributed by atoms with E-state index in [1.165, 1.54) is 11.8 Å². The highest BCUT2D eigenvalue weighted by Crippen LogP contribution is 2.22. The van der Waals surface area contributed by atoms with Crippen molar-refractivity contribution >= 4 is 23.5 Å². The van der Waals surface area contributed by atoms with Crippen molar-refractivity contribution in [3.8, 4) is 0 Å². The zero-order chi connectivity index (χ0) is 20.8. The Morgan fingerprint density at radius 1 is 1.03 bits per heavy atom. The minimum Gasteiger partial charge on any atom is -0.342 e. The van der Waals surface area contributed by atoms with E-state index < -0.39 is 0 Å². The van der Waals surface area contributed by atoms with Gasteiger partial charge in [-0.1, -0.05) is 59.8 Å². The molecule has 150 valence electrons. The molecule has 1 atom stereocenters. The molecule has 3 aromatic rings. The van der Waals surface area contributed by atoms with Gasteiger partial charge in [-0.25, -0.2) is 0 Å². The number of aromatic nitrogens is 3. The van der Waals surface area contributed by atoms with Gasteiger partial charge in [-0.05, 0) is 32.9 Å². The summed E-state index contributed by atoms with van der Waals surface area (Å²) in [6.07, 6.45) is 0. The predicted molar refractivity (Wildman–Crippen MR) is 114 cm³/mol. The van der Waals surface area contributed by atoms with Crippen molar-refractivity contribution in [3.05, 3.63) is 77.1 Å². The van der Waals surface area contributed by atoms with Crippen LogP contribution in [0.5, 0.6) is 0 Å². The van der Waals surface area contributed by atoms with E-state index in [-0.39, 0.29) is 23.5 Å². The van der Waals surface area contributed by atoms with Gasteiger partial charge in [0.2, 0.25) is 0 Å². The average molecular weight is 409 g/mol. The SMILES string of the molecule is CCn1c(SCC(=O)c2ccccc2)nnc1C(C)NC(=O)c1ccc(C)cc1. The number of amides is 1. The number of benzene rings is 2. The van der Waals surface area contributed by atoms with Crippen LogP contribution in [0, 0.1) is 6.92 Å². The standard InChI is InChI=1S/C22H24N4O2S/c1-4-26-20(16(3)23-21(28)18-12-10-15(2)11-13-18)24-25-22(26)29-14-19(27)17-8-6-5-7-9-17/h5-13,16H,4,14H2,1-3H3,(H,23,28). The van der Waals surface area contributed by atoms with Crippen LogP contribution in [0.15, 0.2) is 59.8 Å². The monoisotopic (exact) mass is 408 g/mol. The topological polar surface area (TPSA) is 76.9 Å². The molecule has 0 bridgehead atoms. The molecule has 0 radical (unpaired) electrons. The highest BCUT2D eigenvalue weighted by molar-refractivity contribution is 7.99. The molecule has 1 unspecified atom stereocenters. The molecule has 6 nitrogen and oxygen atoms in total. The lowest BCUT2D eigenvalue weighted by Crippen LogP contribution is -2.28. The van der Waals surface area contributed by atoms with Gasteiger partial charge in [0.15, 0.2) is 16.8 Å². The number of hydrogen-bond donors (Lipinski definition) is 1. The Bertz CT molecular complexity index is 984. The predicted octanol–water partition coefficient (Wildman–Crippen LogP) is 4.07. The van der Waals surface area contributed by atoms with Gasteiger partial charge < -0.3 is 9.88 Å². The number of nitrogens with one attached hydrogen (secondary N) is 1. The van der Waals surface area contributed by atoms with Crippen LogP contribution in [0.3, 0.4) is 0 Å². The molecule has 0 fully saturated rings. The second-order valence-electron chi connectivity index (χ2n) is 6.72. The third-order valence-corrected chi connectivity index (χ3v) is 5.51. The summed E-state index contributed by atoms with van der Waals surface area (Å²) in [5, 5.41) is 12.1. The largest absolute Gasteiger partial charge is 0.342 e. The van der Waals surface area contributed by atoms with Crippen LogP contribution in [0.4, 0.5) is 0 Å². The maximum Gasteiger partial charge on any atom is 0.251 e. The minimum atomic E-state index is -0.310. The van der Waals surface area contributed by atoms with Gasteiger partial charge in [-0.2, -0.15) is 0 Å². The molecule has 0 saturated carbocycles. The smallest absolute Gasteiger partial charge is 0.251 e. The van der Waals surface area contributed by atoms with E-state index in [9.17, 15) is 9.59 Å². The van der Waals surface area contributed by atoms with Gasteiger partial charge in [0.1, 0.15) is 0 Å². The molecule has 0 aliphatic rings. The highest BCUT2D eigenvalue weighted by Gasteiger charge is 2.20. The number of hydrogen-bond acceptors (Lipinski definition) is 5. The number of rotatable bonds is 8. The van der Waals surface area contributed by atoms with Gasteiger partial charge in [0.05, 0.1) is 11.8 Å². The van der Waals surface area contributed by atoms with Crippen LogP contribution in [-0.2, 0) is 6.54 Å². The van der Waals surface area contributed by atoms with Gasteiger partial charge in [0, 0.05) is 17.7 Å². The number of ketones is 1. The molecule has 7 heteroatoms. The van der Waals surface area contributed by atoms with E-state index in [0.717, 1.165) is 5.56 Å². The molecule has 0 aliphatic carbocycles. The average Bonchev–Trinajstić information content (AvgIpc) is 3.16. The summed E-state index contributed by atoms with van der Waals surface area (Å²) in [5.41, 5.74) is 2.39. The lowest BCUT2D eigenvalue weighted by Gasteiger charge is -2.15. The molecule has 1 aromatic heterocycles. The molecule has 0 spiro atoms. The second-order valence-corrected chi connectivity index (χ2v) is 7.67. The molecule has 29 heavy (non-hydrogen) atoms. The number of carbonyl (C=O) groups excluding carboxylic acids is 2. The summed E-state index contributed by atoms with van der Waals surface area (Å²) in [4.78, 5) is 24.8. The summed E-state index contributed by atoms with van der Waals surface area (Å²) in [6.45, 7) is 6.50. The lowest BCUT2D eigenvalue weighted by atomic mass is 10.1. The fraction of sp³-hybridized carbons (Fsp3) is 0.273.